The lowest BCUT2D eigenvalue weighted by Crippen LogP contribution is -2.57. The topological polar surface area (TPSA) is 71.0 Å². The van der Waals surface area contributed by atoms with Crippen LogP contribution in [-0.2, 0) is 11.0 Å². The SMILES string of the molecule is CSn1nc(NCC(=O)NC2CNC2)c2cc(C(F)(F)F)ccc21. The number of alkyl halides is 3. The Labute approximate surface area is 140 Å². The van der Waals surface area contributed by atoms with E-state index in [1.807, 2.05) is 0 Å². The van der Waals surface area contributed by atoms with Gasteiger partial charge in [0.05, 0.1) is 23.7 Å². The van der Waals surface area contributed by atoms with Gasteiger partial charge in [0.15, 0.2) is 5.82 Å². The molecule has 0 radical (unpaired) electrons. The molecule has 2 aromatic rings. The van der Waals surface area contributed by atoms with E-state index in [2.05, 4.69) is 21.0 Å². The molecule has 1 saturated heterocycles. The molecule has 1 aromatic carbocycles. The maximum absolute atomic E-state index is 12.9. The van der Waals surface area contributed by atoms with Gasteiger partial charge in [0.2, 0.25) is 5.91 Å². The summed E-state index contributed by atoms with van der Waals surface area (Å²) in [6, 6.07) is 3.56. The summed E-state index contributed by atoms with van der Waals surface area (Å²) >= 11 is 1.27. The number of rotatable bonds is 5. The van der Waals surface area contributed by atoms with E-state index < -0.39 is 11.7 Å². The van der Waals surface area contributed by atoms with Gasteiger partial charge in [-0.15, -0.1) is 5.10 Å². The van der Waals surface area contributed by atoms with Gasteiger partial charge in [0.25, 0.3) is 0 Å². The molecule has 0 spiro atoms. The molecule has 0 bridgehead atoms. The quantitative estimate of drug-likeness (QED) is 0.758. The highest BCUT2D eigenvalue weighted by Gasteiger charge is 2.31. The predicted octanol–water partition coefficient (Wildman–Crippen LogP) is 1.68. The third-order valence-electron chi connectivity index (χ3n) is 3.71. The van der Waals surface area contributed by atoms with Gasteiger partial charge < -0.3 is 16.0 Å². The van der Waals surface area contributed by atoms with Crippen molar-refractivity contribution in [2.24, 2.45) is 0 Å². The molecule has 2 heterocycles. The van der Waals surface area contributed by atoms with E-state index in [0.29, 0.717) is 10.9 Å². The number of halogens is 3. The third-order valence-corrected chi connectivity index (χ3v) is 4.34. The number of nitrogens with one attached hydrogen (secondary N) is 3. The number of anilines is 1. The Bertz CT molecular complexity index is 757. The molecule has 1 fully saturated rings. The van der Waals surface area contributed by atoms with Crippen molar-refractivity contribution >= 4 is 34.6 Å². The second-order valence-corrected chi connectivity index (χ2v) is 6.12. The molecule has 6 nitrogen and oxygen atoms in total. The maximum Gasteiger partial charge on any atom is 0.416 e. The highest BCUT2D eigenvalue weighted by Crippen LogP contribution is 2.34. The van der Waals surface area contributed by atoms with Gasteiger partial charge >= 0.3 is 6.18 Å². The number of fused-ring (bicyclic) bond motifs is 1. The smallest absolute Gasteiger partial charge is 0.359 e. The van der Waals surface area contributed by atoms with Crippen LogP contribution in [0.1, 0.15) is 5.56 Å². The Kier molecular flexibility index (Phi) is 4.59. The van der Waals surface area contributed by atoms with Crippen LogP contribution < -0.4 is 16.0 Å². The molecule has 1 aliphatic heterocycles. The molecular formula is C14H16F3N5OS. The first-order valence-corrected chi connectivity index (χ1v) is 8.45. The fourth-order valence-corrected chi connectivity index (χ4v) is 2.89. The minimum absolute atomic E-state index is 0.0484. The summed E-state index contributed by atoms with van der Waals surface area (Å²) in [4.78, 5) is 11.8. The summed E-state index contributed by atoms with van der Waals surface area (Å²) in [7, 11) is 0. The van der Waals surface area contributed by atoms with E-state index in [4.69, 9.17) is 0 Å². The molecule has 0 aliphatic carbocycles. The monoisotopic (exact) mass is 359 g/mol. The van der Waals surface area contributed by atoms with E-state index in [1.165, 1.54) is 22.1 Å². The van der Waals surface area contributed by atoms with Crippen molar-refractivity contribution in [2.75, 3.05) is 31.2 Å². The van der Waals surface area contributed by atoms with Crippen LogP contribution in [0.5, 0.6) is 0 Å². The molecule has 0 unspecified atom stereocenters. The van der Waals surface area contributed by atoms with Gasteiger partial charge in [-0.25, -0.2) is 4.09 Å². The van der Waals surface area contributed by atoms with Crippen molar-refractivity contribution in [1.29, 1.82) is 0 Å². The lowest BCUT2D eigenvalue weighted by atomic mass is 10.1. The zero-order chi connectivity index (χ0) is 17.3. The van der Waals surface area contributed by atoms with Crippen LogP contribution >= 0.6 is 11.9 Å². The molecule has 1 aliphatic rings. The molecule has 3 rings (SSSR count). The molecule has 0 saturated carbocycles. The summed E-state index contributed by atoms with van der Waals surface area (Å²) in [5.74, 6) is 0.0349. The molecule has 1 amide bonds. The second-order valence-electron chi connectivity index (χ2n) is 5.41. The number of benzene rings is 1. The molecule has 3 N–H and O–H groups in total. The van der Waals surface area contributed by atoms with Crippen LogP contribution in [0.25, 0.3) is 10.9 Å². The van der Waals surface area contributed by atoms with Crippen molar-refractivity contribution in [1.82, 2.24) is 19.8 Å². The highest BCUT2D eigenvalue weighted by atomic mass is 32.2. The molecule has 10 heteroatoms. The van der Waals surface area contributed by atoms with Crippen molar-refractivity contribution in [3.8, 4) is 0 Å². The largest absolute Gasteiger partial charge is 0.416 e. The van der Waals surface area contributed by atoms with E-state index in [-0.39, 0.29) is 24.3 Å². The average molecular weight is 359 g/mol. The Morgan fingerprint density at radius 3 is 2.79 bits per heavy atom. The Morgan fingerprint density at radius 1 is 1.46 bits per heavy atom. The highest BCUT2D eigenvalue weighted by molar-refractivity contribution is 7.97. The number of aromatic nitrogens is 2. The summed E-state index contributed by atoms with van der Waals surface area (Å²) in [5.41, 5.74) is -0.190. The number of carbonyl (C=O) groups excluding carboxylic acids is 1. The van der Waals surface area contributed by atoms with Gasteiger partial charge in [-0.1, -0.05) is 0 Å². The van der Waals surface area contributed by atoms with Crippen LogP contribution in [0.15, 0.2) is 18.2 Å². The average Bonchev–Trinajstić information content (AvgIpc) is 2.85. The van der Waals surface area contributed by atoms with Crippen LogP contribution in [0.2, 0.25) is 0 Å². The zero-order valence-electron chi connectivity index (χ0n) is 12.8. The van der Waals surface area contributed by atoms with Crippen LogP contribution in [0.4, 0.5) is 19.0 Å². The normalized spacial score (nSPS) is 15.3. The van der Waals surface area contributed by atoms with Crippen molar-refractivity contribution in [3.05, 3.63) is 23.8 Å². The van der Waals surface area contributed by atoms with Crippen molar-refractivity contribution in [3.63, 3.8) is 0 Å². The first-order valence-electron chi connectivity index (χ1n) is 7.27. The fourth-order valence-electron chi connectivity index (χ4n) is 2.37. The van der Waals surface area contributed by atoms with Crippen molar-refractivity contribution in [2.45, 2.75) is 12.2 Å². The summed E-state index contributed by atoms with van der Waals surface area (Å²) in [5, 5.41) is 13.2. The van der Waals surface area contributed by atoms with Crippen LogP contribution in [0.3, 0.4) is 0 Å². The molecule has 0 atom stereocenters. The van der Waals surface area contributed by atoms with E-state index >= 15 is 0 Å². The van der Waals surface area contributed by atoms with Crippen LogP contribution in [0, 0.1) is 0 Å². The maximum atomic E-state index is 12.9. The van der Waals surface area contributed by atoms with Crippen molar-refractivity contribution < 1.29 is 18.0 Å². The predicted molar refractivity (Wildman–Crippen MR) is 86.9 cm³/mol. The zero-order valence-corrected chi connectivity index (χ0v) is 13.6. The molecular weight excluding hydrogens is 343 g/mol. The number of hydrogen-bond acceptors (Lipinski definition) is 5. The fraction of sp³-hybridized carbons (Fsp3) is 0.429. The second kappa shape index (κ2) is 6.52. The standard InChI is InChI=1S/C14H16F3N5OS/c1-24-22-11-3-2-8(14(15,16)17)4-10(11)13(21-22)19-7-12(23)20-9-5-18-6-9/h2-4,9,18H,5-7H2,1H3,(H,19,21)(H,20,23). The van der Waals surface area contributed by atoms with E-state index in [1.54, 1.807) is 6.26 Å². The first-order chi connectivity index (χ1) is 11.4. The lowest BCUT2D eigenvalue weighted by molar-refractivity contribution is -0.137. The minimum atomic E-state index is -4.43. The summed E-state index contributed by atoms with van der Waals surface area (Å²) in [6.45, 7) is 1.41. The third kappa shape index (κ3) is 3.44. The number of amides is 1. The minimum Gasteiger partial charge on any atom is -0.359 e. The van der Waals surface area contributed by atoms with Gasteiger partial charge in [-0.3, -0.25) is 4.79 Å². The molecule has 130 valence electrons. The lowest BCUT2D eigenvalue weighted by Gasteiger charge is -2.27. The van der Waals surface area contributed by atoms with E-state index in [9.17, 15) is 18.0 Å². The Morgan fingerprint density at radius 2 is 2.21 bits per heavy atom. The molecule has 1 aromatic heterocycles. The van der Waals surface area contributed by atoms with Gasteiger partial charge in [-0.2, -0.15) is 13.2 Å². The molecule has 24 heavy (non-hydrogen) atoms. The summed E-state index contributed by atoms with van der Waals surface area (Å²) < 4.78 is 40.3. The Hall–Kier alpha value is -1.94. The summed E-state index contributed by atoms with van der Waals surface area (Å²) in [6.07, 6.45) is -2.66. The van der Waals surface area contributed by atoms with Gasteiger partial charge in [0.1, 0.15) is 0 Å². The first kappa shape index (κ1) is 16.9. The van der Waals surface area contributed by atoms with Crippen LogP contribution in [-0.4, -0.2) is 47.0 Å². The van der Waals surface area contributed by atoms with E-state index in [0.717, 1.165) is 25.2 Å². The van der Waals surface area contributed by atoms with Gasteiger partial charge in [0, 0.05) is 24.7 Å². The number of carbonyl (C=O) groups is 1. The number of nitrogens with zero attached hydrogens (tertiary/aromatic N) is 2. The Balaban J connectivity index is 1.81. The van der Waals surface area contributed by atoms with Gasteiger partial charge in [-0.05, 0) is 30.1 Å². The number of hydrogen-bond donors (Lipinski definition) is 3.